The molecule has 1 saturated heterocycles. The molecule has 4 rings (SSSR count). The molecule has 1 N–H and O–H groups in total. The van der Waals surface area contributed by atoms with E-state index in [1.54, 1.807) is 18.2 Å². The van der Waals surface area contributed by atoms with Crippen molar-refractivity contribution in [2.75, 3.05) is 18.0 Å². The monoisotopic (exact) mass is 473 g/mol. The molecule has 33 heavy (non-hydrogen) atoms. The van der Waals surface area contributed by atoms with Gasteiger partial charge in [-0.05, 0) is 51.0 Å². The lowest BCUT2D eigenvalue weighted by Gasteiger charge is -2.47. The van der Waals surface area contributed by atoms with Crippen LogP contribution < -0.4 is 10.2 Å². The summed E-state index contributed by atoms with van der Waals surface area (Å²) in [6.07, 6.45) is 3.62. The van der Waals surface area contributed by atoms with Crippen LogP contribution in [0, 0.1) is 12.7 Å². The maximum absolute atomic E-state index is 14.7. The lowest BCUT2D eigenvalue weighted by Crippen LogP contribution is -2.70. The van der Waals surface area contributed by atoms with Gasteiger partial charge in [-0.3, -0.25) is 14.5 Å². The van der Waals surface area contributed by atoms with E-state index >= 15 is 0 Å². The number of nitrogens with one attached hydrogen (secondary N) is 1. The second kappa shape index (κ2) is 8.87. The molecule has 1 heterocycles. The Kier molecular flexibility index (Phi) is 6.28. The number of piperazine rings is 1. The summed E-state index contributed by atoms with van der Waals surface area (Å²) in [6, 6.07) is 12.0. The van der Waals surface area contributed by atoms with Crippen LogP contribution in [-0.2, 0) is 19.6 Å². The summed E-state index contributed by atoms with van der Waals surface area (Å²) in [5, 5.41) is 2.97. The Morgan fingerprint density at radius 1 is 1.09 bits per heavy atom. The molecule has 2 amide bonds. The molecule has 7 nitrogen and oxygen atoms in total. The Hall–Kier alpha value is -2.78. The van der Waals surface area contributed by atoms with Gasteiger partial charge in [0.2, 0.25) is 21.8 Å². The van der Waals surface area contributed by atoms with Crippen molar-refractivity contribution >= 4 is 27.5 Å². The molecule has 2 aromatic carbocycles. The number of halogens is 1. The smallest absolute Gasteiger partial charge is 0.247 e. The number of hydrogen-bond donors (Lipinski definition) is 1. The van der Waals surface area contributed by atoms with Crippen molar-refractivity contribution in [1.29, 1.82) is 0 Å². The van der Waals surface area contributed by atoms with Crippen molar-refractivity contribution in [3.8, 4) is 0 Å². The third-order valence-corrected chi connectivity index (χ3v) is 8.28. The minimum absolute atomic E-state index is 0.0405. The van der Waals surface area contributed by atoms with Gasteiger partial charge < -0.3 is 5.32 Å². The van der Waals surface area contributed by atoms with Gasteiger partial charge in [-0.2, -0.15) is 4.31 Å². The predicted molar refractivity (Wildman–Crippen MR) is 123 cm³/mol. The van der Waals surface area contributed by atoms with E-state index in [-0.39, 0.29) is 23.2 Å². The zero-order valence-electron chi connectivity index (χ0n) is 18.8. The highest BCUT2D eigenvalue weighted by molar-refractivity contribution is 7.89. The first-order valence-corrected chi connectivity index (χ1v) is 12.5. The van der Waals surface area contributed by atoms with E-state index in [0.29, 0.717) is 0 Å². The van der Waals surface area contributed by atoms with E-state index in [2.05, 4.69) is 5.32 Å². The molecule has 0 radical (unpaired) electrons. The highest BCUT2D eigenvalue weighted by Gasteiger charge is 2.52. The van der Waals surface area contributed by atoms with Crippen LogP contribution in [0.3, 0.4) is 0 Å². The third-order valence-electron chi connectivity index (χ3n) is 6.47. The molecular weight excluding hydrogens is 445 g/mol. The number of carbonyl (C=O) groups excluding carboxylic acids is 2. The number of benzene rings is 2. The molecule has 1 saturated carbocycles. The third kappa shape index (κ3) is 4.39. The largest absolute Gasteiger partial charge is 0.351 e. The lowest BCUT2D eigenvalue weighted by molar-refractivity contribution is -0.133. The first kappa shape index (κ1) is 23.4. The number of aryl methyl sites for hydroxylation is 1. The van der Waals surface area contributed by atoms with Crippen molar-refractivity contribution in [3.05, 3.63) is 59.9 Å². The standard InChI is InChI=1S/C24H28FN3O4S/c1-17-11-13-19(14-12-17)33(31,32)27-15-22(29)28(21-10-6-5-9-20(21)25)24(2,16-27)23(30)26-18-7-3-4-8-18/h5-6,9-14,18H,3-4,7-8,15-16H2,1-2H3,(H,26,30)/t24-/m0/s1. The van der Waals surface area contributed by atoms with E-state index in [0.717, 1.165) is 40.5 Å². The van der Waals surface area contributed by atoms with Crippen molar-refractivity contribution in [1.82, 2.24) is 9.62 Å². The molecule has 0 spiro atoms. The number of carbonyl (C=O) groups is 2. The fraction of sp³-hybridized carbons (Fsp3) is 0.417. The Labute approximate surface area is 193 Å². The zero-order valence-corrected chi connectivity index (χ0v) is 19.6. The molecule has 2 fully saturated rings. The van der Waals surface area contributed by atoms with Gasteiger partial charge in [-0.15, -0.1) is 0 Å². The minimum atomic E-state index is -4.05. The second-order valence-corrected chi connectivity index (χ2v) is 10.9. The van der Waals surface area contributed by atoms with Crippen molar-refractivity contribution in [3.63, 3.8) is 0 Å². The van der Waals surface area contributed by atoms with Crippen LogP contribution in [-0.4, -0.2) is 49.2 Å². The summed E-state index contributed by atoms with van der Waals surface area (Å²) in [4.78, 5) is 28.0. The van der Waals surface area contributed by atoms with Gasteiger partial charge in [-0.1, -0.05) is 42.7 Å². The number of amides is 2. The van der Waals surface area contributed by atoms with Crippen LogP contribution in [0.4, 0.5) is 10.1 Å². The first-order valence-electron chi connectivity index (χ1n) is 11.1. The number of rotatable bonds is 5. The van der Waals surface area contributed by atoms with E-state index in [9.17, 15) is 22.4 Å². The van der Waals surface area contributed by atoms with Crippen LogP contribution >= 0.6 is 0 Å². The van der Waals surface area contributed by atoms with E-state index in [4.69, 9.17) is 0 Å². The maximum Gasteiger partial charge on any atom is 0.247 e. The van der Waals surface area contributed by atoms with Crippen molar-refractivity contribution < 1.29 is 22.4 Å². The zero-order chi connectivity index (χ0) is 23.8. The molecule has 0 bridgehead atoms. The Morgan fingerprint density at radius 2 is 1.73 bits per heavy atom. The fourth-order valence-electron chi connectivity index (χ4n) is 4.61. The molecule has 2 aromatic rings. The SMILES string of the molecule is Cc1ccc(S(=O)(=O)N2CC(=O)N(c3ccccc3F)[C@](C)(C(=O)NC3CCCC3)C2)cc1. The molecule has 1 aliphatic heterocycles. The van der Waals surface area contributed by atoms with Crippen LogP contribution in [0.15, 0.2) is 53.4 Å². The molecule has 1 atom stereocenters. The van der Waals surface area contributed by atoms with Gasteiger partial charge in [-0.25, -0.2) is 12.8 Å². The average molecular weight is 474 g/mol. The molecule has 1 aliphatic carbocycles. The van der Waals surface area contributed by atoms with Gasteiger partial charge >= 0.3 is 0 Å². The lowest BCUT2D eigenvalue weighted by atomic mass is 9.94. The van der Waals surface area contributed by atoms with E-state index in [1.165, 1.54) is 37.3 Å². The molecule has 176 valence electrons. The number of hydrogen-bond acceptors (Lipinski definition) is 4. The summed E-state index contributed by atoms with van der Waals surface area (Å²) in [7, 11) is -4.05. The number of nitrogens with zero attached hydrogens (tertiary/aromatic N) is 2. The topological polar surface area (TPSA) is 86.8 Å². The van der Waals surface area contributed by atoms with Gasteiger partial charge in [0, 0.05) is 12.6 Å². The predicted octanol–water partition coefficient (Wildman–Crippen LogP) is 2.99. The summed E-state index contributed by atoms with van der Waals surface area (Å²) in [6.45, 7) is 2.56. The second-order valence-electron chi connectivity index (χ2n) is 9.00. The maximum atomic E-state index is 14.7. The quantitative estimate of drug-likeness (QED) is 0.723. The average Bonchev–Trinajstić information content (AvgIpc) is 3.28. The van der Waals surface area contributed by atoms with E-state index < -0.39 is 39.7 Å². The number of para-hydroxylation sites is 1. The minimum Gasteiger partial charge on any atom is -0.351 e. The number of anilines is 1. The van der Waals surface area contributed by atoms with Crippen molar-refractivity contribution in [2.45, 2.75) is 56.0 Å². The summed E-state index contributed by atoms with van der Waals surface area (Å²) in [5.41, 5.74) is -0.771. The number of sulfonamides is 1. The van der Waals surface area contributed by atoms with E-state index in [1.807, 2.05) is 6.92 Å². The summed E-state index contributed by atoms with van der Waals surface area (Å²) in [5.74, 6) is -1.80. The van der Waals surface area contributed by atoms with Gasteiger partial charge in [0.1, 0.15) is 11.4 Å². The van der Waals surface area contributed by atoms with Crippen LogP contribution in [0.2, 0.25) is 0 Å². The van der Waals surface area contributed by atoms with Crippen LogP contribution in [0.25, 0.3) is 0 Å². The molecule has 0 unspecified atom stereocenters. The summed E-state index contributed by atoms with van der Waals surface area (Å²) >= 11 is 0. The van der Waals surface area contributed by atoms with Gasteiger partial charge in [0.25, 0.3) is 0 Å². The Morgan fingerprint density at radius 3 is 2.36 bits per heavy atom. The van der Waals surface area contributed by atoms with Gasteiger partial charge in [0.05, 0.1) is 17.1 Å². The normalized spacial score (nSPS) is 22.5. The highest BCUT2D eigenvalue weighted by Crippen LogP contribution is 2.34. The van der Waals surface area contributed by atoms with Gasteiger partial charge in [0.15, 0.2) is 0 Å². The fourth-order valence-corrected chi connectivity index (χ4v) is 6.09. The Bertz CT molecular complexity index is 1160. The molecule has 9 heteroatoms. The molecular formula is C24H28FN3O4S. The molecule has 0 aromatic heterocycles. The summed E-state index contributed by atoms with van der Waals surface area (Å²) < 4.78 is 42.5. The first-order chi connectivity index (χ1) is 15.6. The van der Waals surface area contributed by atoms with Crippen molar-refractivity contribution in [2.24, 2.45) is 0 Å². The highest BCUT2D eigenvalue weighted by atomic mass is 32.2. The molecule has 2 aliphatic rings. The van der Waals surface area contributed by atoms with Crippen LogP contribution in [0.5, 0.6) is 0 Å². The Balaban J connectivity index is 1.74. The van der Waals surface area contributed by atoms with Crippen LogP contribution in [0.1, 0.15) is 38.2 Å².